The standard InChI is InChI=1S/C28H29Cl2FN2O2/c1-3-19(2)32-28(35)26(16-20-7-5-4-6-8-20)33(18-21-9-12-23(31)13-10-21)27(34)17-22-11-14-24(29)25(30)15-22/h4-15,19,26H,3,16-18H2,1-2H3,(H,32,35)/t19-,26+/m1/s1. The second-order valence-electron chi connectivity index (χ2n) is 8.60. The number of carbonyl (C=O) groups excluding carboxylic acids is 2. The summed E-state index contributed by atoms with van der Waals surface area (Å²) in [5.74, 6) is -0.835. The molecule has 3 aromatic rings. The highest BCUT2D eigenvalue weighted by Crippen LogP contribution is 2.24. The van der Waals surface area contributed by atoms with Crippen LogP contribution in [-0.2, 0) is 29.0 Å². The number of benzene rings is 3. The van der Waals surface area contributed by atoms with Gasteiger partial charge in [0.2, 0.25) is 11.8 Å². The zero-order chi connectivity index (χ0) is 25.4. The molecule has 0 bridgehead atoms. The molecule has 0 spiro atoms. The molecule has 0 aliphatic carbocycles. The number of nitrogens with one attached hydrogen (secondary N) is 1. The summed E-state index contributed by atoms with van der Waals surface area (Å²) in [5, 5.41) is 3.79. The first-order chi connectivity index (χ1) is 16.8. The SMILES string of the molecule is CC[C@@H](C)NC(=O)[C@H](Cc1ccccc1)N(Cc1ccc(F)cc1)C(=O)Cc1ccc(Cl)c(Cl)c1. The maximum Gasteiger partial charge on any atom is 0.243 e. The van der Waals surface area contributed by atoms with Gasteiger partial charge in [-0.2, -0.15) is 0 Å². The average Bonchev–Trinajstić information content (AvgIpc) is 2.85. The van der Waals surface area contributed by atoms with E-state index in [2.05, 4.69) is 5.32 Å². The monoisotopic (exact) mass is 514 g/mol. The van der Waals surface area contributed by atoms with Gasteiger partial charge in [0.15, 0.2) is 0 Å². The lowest BCUT2D eigenvalue weighted by Gasteiger charge is -2.32. The Morgan fingerprint density at radius 1 is 0.914 bits per heavy atom. The van der Waals surface area contributed by atoms with Crippen molar-refractivity contribution in [2.45, 2.75) is 51.7 Å². The van der Waals surface area contributed by atoms with E-state index < -0.39 is 6.04 Å². The van der Waals surface area contributed by atoms with Gasteiger partial charge in [-0.15, -0.1) is 0 Å². The number of halogens is 3. The molecule has 35 heavy (non-hydrogen) atoms. The summed E-state index contributed by atoms with van der Waals surface area (Å²) in [5.41, 5.74) is 2.35. The molecule has 3 rings (SSSR count). The first-order valence-corrected chi connectivity index (χ1v) is 12.3. The van der Waals surface area contributed by atoms with Crippen LogP contribution in [0.1, 0.15) is 37.0 Å². The molecular formula is C28H29Cl2FN2O2. The molecule has 0 aliphatic heterocycles. The van der Waals surface area contributed by atoms with Gasteiger partial charge in [0.1, 0.15) is 11.9 Å². The van der Waals surface area contributed by atoms with Crippen LogP contribution < -0.4 is 5.32 Å². The number of rotatable bonds is 10. The largest absolute Gasteiger partial charge is 0.352 e. The molecule has 2 atom stereocenters. The average molecular weight is 515 g/mol. The maximum atomic E-state index is 13.7. The zero-order valence-corrected chi connectivity index (χ0v) is 21.3. The third-order valence-corrected chi connectivity index (χ3v) is 6.62. The molecule has 0 fully saturated rings. The summed E-state index contributed by atoms with van der Waals surface area (Å²) in [4.78, 5) is 28.7. The van der Waals surface area contributed by atoms with Gasteiger partial charge in [-0.25, -0.2) is 4.39 Å². The fourth-order valence-electron chi connectivity index (χ4n) is 3.71. The van der Waals surface area contributed by atoms with Crippen molar-refractivity contribution in [3.63, 3.8) is 0 Å². The summed E-state index contributed by atoms with van der Waals surface area (Å²) >= 11 is 12.2. The highest BCUT2D eigenvalue weighted by molar-refractivity contribution is 6.42. The van der Waals surface area contributed by atoms with Crippen LogP contribution in [0, 0.1) is 5.82 Å². The molecule has 4 nitrogen and oxygen atoms in total. The van der Waals surface area contributed by atoms with Gasteiger partial charge < -0.3 is 10.2 Å². The topological polar surface area (TPSA) is 49.4 Å². The minimum Gasteiger partial charge on any atom is -0.352 e. The van der Waals surface area contributed by atoms with E-state index in [1.54, 1.807) is 35.2 Å². The molecule has 0 radical (unpaired) electrons. The molecule has 0 aliphatic rings. The van der Waals surface area contributed by atoms with Gasteiger partial charge in [0.05, 0.1) is 16.5 Å². The Kier molecular flexibility index (Phi) is 9.70. The highest BCUT2D eigenvalue weighted by Gasteiger charge is 2.31. The molecule has 3 aromatic carbocycles. The fourth-order valence-corrected chi connectivity index (χ4v) is 4.03. The molecule has 0 saturated carbocycles. The van der Waals surface area contributed by atoms with Crippen molar-refractivity contribution in [2.75, 3.05) is 0 Å². The van der Waals surface area contributed by atoms with E-state index in [1.807, 2.05) is 44.2 Å². The van der Waals surface area contributed by atoms with E-state index in [0.717, 1.165) is 17.5 Å². The molecule has 0 saturated heterocycles. The summed E-state index contributed by atoms with van der Waals surface area (Å²) in [6.45, 7) is 4.08. The number of hydrogen-bond donors (Lipinski definition) is 1. The Morgan fingerprint density at radius 3 is 2.20 bits per heavy atom. The highest BCUT2D eigenvalue weighted by atomic mass is 35.5. The minimum absolute atomic E-state index is 0.0417. The summed E-state index contributed by atoms with van der Waals surface area (Å²) < 4.78 is 13.5. The van der Waals surface area contributed by atoms with Gasteiger partial charge in [0, 0.05) is 19.0 Å². The molecule has 1 N–H and O–H groups in total. The number of hydrogen-bond acceptors (Lipinski definition) is 2. The second kappa shape index (κ2) is 12.7. The zero-order valence-electron chi connectivity index (χ0n) is 19.8. The molecular weight excluding hydrogens is 486 g/mol. The molecule has 2 amide bonds. The van der Waals surface area contributed by atoms with Gasteiger partial charge in [0.25, 0.3) is 0 Å². The van der Waals surface area contributed by atoms with E-state index >= 15 is 0 Å². The van der Waals surface area contributed by atoms with E-state index in [0.29, 0.717) is 22.0 Å². The summed E-state index contributed by atoms with van der Waals surface area (Å²) in [7, 11) is 0. The van der Waals surface area contributed by atoms with Crippen LogP contribution in [0.5, 0.6) is 0 Å². The Morgan fingerprint density at radius 2 is 1.57 bits per heavy atom. The van der Waals surface area contributed by atoms with E-state index in [9.17, 15) is 14.0 Å². The third kappa shape index (κ3) is 7.81. The van der Waals surface area contributed by atoms with Crippen LogP contribution in [0.25, 0.3) is 0 Å². The van der Waals surface area contributed by atoms with Crippen LogP contribution in [-0.4, -0.2) is 28.8 Å². The van der Waals surface area contributed by atoms with E-state index in [4.69, 9.17) is 23.2 Å². The van der Waals surface area contributed by atoms with Crippen LogP contribution >= 0.6 is 23.2 Å². The fraction of sp³-hybridized carbons (Fsp3) is 0.286. The molecule has 184 valence electrons. The second-order valence-corrected chi connectivity index (χ2v) is 9.41. The number of carbonyl (C=O) groups is 2. The normalized spacial score (nSPS) is 12.6. The third-order valence-electron chi connectivity index (χ3n) is 5.88. The van der Waals surface area contributed by atoms with Crippen LogP contribution in [0.3, 0.4) is 0 Å². The Labute approximate surface area is 216 Å². The molecule has 0 heterocycles. The maximum absolute atomic E-state index is 13.7. The molecule has 7 heteroatoms. The van der Waals surface area contributed by atoms with Crippen molar-refractivity contribution in [2.24, 2.45) is 0 Å². The quantitative estimate of drug-likeness (QED) is 0.348. The smallest absolute Gasteiger partial charge is 0.243 e. The lowest BCUT2D eigenvalue weighted by atomic mass is 10.0. The minimum atomic E-state index is -0.758. The number of nitrogens with zero attached hydrogens (tertiary/aromatic N) is 1. The summed E-state index contributed by atoms with van der Waals surface area (Å²) in [6, 6.07) is 19.8. The molecule has 0 aromatic heterocycles. The lowest BCUT2D eigenvalue weighted by molar-refractivity contribution is -0.141. The van der Waals surface area contributed by atoms with Gasteiger partial charge >= 0.3 is 0 Å². The van der Waals surface area contributed by atoms with Crippen molar-refractivity contribution in [3.8, 4) is 0 Å². The number of amides is 2. The van der Waals surface area contributed by atoms with Gasteiger partial charge in [-0.3, -0.25) is 9.59 Å². The Balaban J connectivity index is 1.97. The lowest BCUT2D eigenvalue weighted by Crippen LogP contribution is -2.52. The van der Waals surface area contributed by atoms with Crippen molar-refractivity contribution in [3.05, 3.63) is 105 Å². The molecule has 0 unspecified atom stereocenters. The van der Waals surface area contributed by atoms with Crippen LogP contribution in [0.4, 0.5) is 4.39 Å². The van der Waals surface area contributed by atoms with Crippen LogP contribution in [0.2, 0.25) is 10.0 Å². The van der Waals surface area contributed by atoms with Crippen molar-refractivity contribution in [1.29, 1.82) is 0 Å². The van der Waals surface area contributed by atoms with Crippen LogP contribution in [0.15, 0.2) is 72.8 Å². The van der Waals surface area contributed by atoms with Crippen molar-refractivity contribution < 1.29 is 14.0 Å². The predicted molar refractivity (Wildman–Crippen MR) is 139 cm³/mol. The Hall–Kier alpha value is -2.89. The van der Waals surface area contributed by atoms with E-state index in [1.165, 1.54) is 12.1 Å². The van der Waals surface area contributed by atoms with Gasteiger partial charge in [-0.05, 0) is 54.3 Å². The van der Waals surface area contributed by atoms with Crippen molar-refractivity contribution >= 4 is 35.0 Å². The predicted octanol–water partition coefficient (Wildman–Crippen LogP) is 6.23. The van der Waals surface area contributed by atoms with E-state index in [-0.39, 0.29) is 36.6 Å². The van der Waals surface area contributed by atoms with Crippen molar-refractivity contribution in [1.82, 2.24) is 10.2 Å². The van der Waals surface area contributed by atoms with Gasteiger partial charge in [-0.1, -0.05) is 78.7 Å². The first kappa shape index (κ1) is 26.7. The summed E-state index contributed by atoms with van der Waals surface area (Å²) in [6.07, 6.45) is 1.15. The first-order valence-electron chi connectivity index (χ1n) is 11.6. The Bertz CT molecular complexity index is 1140.